The van der Waals surface area contributed by atoms with Gasteiger partial charge in [0.2, 0.25) is 10.0 Å². The molecule has 0 fully saturated rings. The first-order chi connectivity index (χ1) is 8.30. The highest BCUT2D eigenvalue weighted by atomic mass is 32.2. The van der Waals surface area contributed by atoms with Gasteiger partial charge < -0.3 is 0 Å². The SMILES string of the molecule is CCCc1ccc(S(=O)(=O)NC(C)(C)C#N)cc1. The van der Waals surface area contributed by atoms with Crippen LogP contribution in [0.3, 0.4) is 0 Å². The first-order valence-electron chi connectivity index (χ1n) is 5.85. The quantitative estimate of drug-likeness (QED) is 0.888. The number of nitrogens with zero attached hydrogens (tertiary/aromatic N) is 1. The lowest BCUT2D eigenvalue weighted by Crippen LogP contribution is -2.41. The average Bonchev–Trinajstić information content (AvgIpc) is 2.29. The van der Waals surface area contributed by atoms with E-state index in [-0.39, 0.29) is 4.90 Å². The molecule has 1 rings (SSSR count). The van der Waals surface area contributed by atoms with E-state index in [4.69, 9.17) is 5.26 Å². The normalized spacial score (nSPS) is 12.1. The molecule has 0 heterocycles. The van der Waals surface area contributed by atoms with Crippen molar-refractivity contribution >= 4 is 10.0 Å². The zero-order chi connectivity index (χ0) is 13.8. The fraction of sp³-hybridized carbons (Fsp3) is 0.462. The Balaban J connectivity index is 2.96. The molecule has 0 radical (unpaired) electrons. The van der Waals surface area contributed by atoms with Crippen molar-refractivity contribution in [1.82, 2.24) is 4.72 Å². The molecule has 1 N–H and O–H groups in total. The van der Waals surface area contributed by atoms with Crippen LogP contribution in [0.25, 0.3) is 0 Å². The molecule has 1 aromatic rings. The molecule has 18 heavy (non-hydrogen) atoms. The summed E-state index contributed by atoms with van der Waals surface area (Å²) in [6.45, 7) is 5.12. The first kappa shape index (κ1) is 14.7. The van der Waals surface area contributed by atoms with Crippen LogP contribution in [0.15, 0.2) is 29.2 Å². The van der Waals surface area contributed by atoms with Crippen molar-refractivity contribution in [2.24, 2.45) is 0 Å². The molecule has 0 bridgehead atoms. The van der Waals surface area contributed by atoms with Gasteiger partial charge in [0.1, 0.15) is 5.54 Å². The molecule has 0 aliphatic carbocycles. The monoisotopic (exact) mass is 266 g/mol. The molecule has 4 nitrogen and oxygen atoms in total. The highest BCUT2D eigenvalue weighted by molar-refractivity contribution is 7.89. The first-order valence-corrected chi connectivity index (χ1v) is 7.33. The third-order valence-electron chi connectivity index (χ3n) is 2.44. The van der Waals surface area contributed by atoms with Crippen molar-refractivity contribution in [3.63, 3.8) is 0 Å². The zero-order valence-corrected chi connectivity index (χ0v) is 11.7. The number of nitrogens with one attached hydrogen (secondary N) is 1. The maximum atomic E-state index is 12.0. The Morgan fingerprint density at radius 2 is 1.83 bits per heavy atom. The molecule has 0 aliphatic rings. The van der Waals surface area contributed by atoms with Crippen molar-refractivity contribution in [2.75, 3.05) is 0 Å². The van der Waals surface area contributed by atoms with Crippen LogP contribution < -0.4 is 4.72 Å². The van der Waals surface area contributed by atoms with Crippen molar-refractivity contribution in [1.29, 1.82) is 5.26 Å². The summed E-state index contributed by atoms with van der Waals surface area (Å²) < 4.78 is 26.4. The molecule has 0 atom stereocenters. The lowest BCUT2D eigenvalue weighted by molar-refractivity contribution is 0.535. The molecule has 5 heteroatoms. The molecule has 0 saturated heterocycles. The molecule has 98 valence electrons. The van der Waals surface area contributed by atoms with E-state index in [1.807, 2.05) is 6.07 Å². The lowest BCUT2D eigenvalue weighted by Gasteiger charge is -2.17. The Labute approximate surface area is 109 Å². The van der Waals surface area contributed by atoms with Crippen molar-refractivity contribution in [2.45, 2.75) is 44.0 Å². The average molecular weight is 266 g/mol. The maximum Gasteiger partial charge on any atom is 0.241 e. The number of benzene rings is 1. The second-order valence-electron chi connectivity index (χ2n) is 4.74. The van der Waals surface area contributed by atoms with Gasteiger partial charge in [-0.15, -0.1) is 0 Å². The summed E-state index contributed by atoms with van der Waals surface area (Å²) in [6, 6.07) is 8.66. The van der Waals surface area contributed by atoms with Gasteiger partial charge in [-0.3, -0.25) is 0 Å². The number of aryl methyl sites for hydroxylation is 1. The van der Waals surface area contributed by atoms with Crippen LogP contribution in [0.4, 0.5) is 0 Å². The number of sulfonamides is 1. The van der Waals surface area contributed by atoms with E-state index in [0.717, 1.165) is 18.4 Å². The molecular formula is C13H18N2O2S. The minimum Gasteiger partial charge on any atom is -0.207 e. The van der Waals surface area contributed by atoms with Crippen LogP contribution in [-0.2, 0) is 16.4 Å². The van der Waals surface area contributed by atoms with Gasteiger partial charge in [-0.2, -0.15) is 9.98 Å². The van der Waals surface area contributed by atoms with Gasteiger partial charge >= 0.3 is 0 Å². The summed E-state index contributed by atoms with van der Waals surface area (Å²) in [5, 5.41) is 8.84. The van der Waals surface area contributed by atoms with Crippen molar-refractivity contribution < 1.29 is 8.42 Å². The molecule has 0 amide bonds. The van der Waals surface area contributed by atoms with Gasteiger partial charge in [0.15, 0.2) is 0 Å². The van der Waals surface area contributed by atoms with Gasteiger partial charge in [0.05, 0.1) is 11.0 Å². The molecule has 0 aliphatic heterocycles. The number of nitriles is 1. The number of hydrogen-bond acceptors (Lipinski definition) is 3. The maximum absolute atomic E-state index is 12.0. The van der Waals surface area contributed by atoms with E-state index in [2.05, 4.69) is 11.6 Å². The van der Waals surface area contributed by atoms with Gasteiger partial charge in [-0.25, -0.2) is 8.42 Å². The third kappa shape index (κ3) is 3.83. The highest BCUT2D eigenvalue weighted by Crippen LogP contribution is 2.14. The summed E-state index contributed by atoms with van der Waals surface area (Å²) in [4.78, 5) is 0.186. The fourth-order valence-electron chi connectivity index (χ4n) is 1.54. The van der Waals surface area contributed by atoms with Crippen LogP contribution in [0.5, 0.6) is 0 Å². The second kappa shape index (κ2) is 5.51. The van der Waals surface area contributed by atoms with Crippen molar-refractivity contribution in [3.05, 3.63) is 29.8 Å². The van der Waals surface area contributed by atoms with Crippen LogP contribution in [0.2, 0.25) is 0 Å². The van der Waals surface area contributed by atoms with E-state index in [1.54, 1.807) is 24.3 Å². The standard InChI is InChI=1S/C13H18N2O2S/c1-4-5-11-6-8-12(9-7-11)18(16,17)15-13(2,3)10-14/h6-9,15H,4-5H2,1-3H3. The number of rotatable bonds is 5. The van der Waals surface area contributed by atoms with Gasteiger partial charge in [0.25, 0.3) is 0 Å². The van der Waals surface area contributed by atoms with E-state index in [0.29, 0.717) is 0 Å². The Hall–Kier alpha value is -1.38. The summed E-state index contributed by atoms with van der Waals surface area (Å²) in [6.07, 6.45) is 1.95. The Bertz CT molecular complexity index is 539. The predicted octanol–water partition coefficient (Wildman–Crippen LogP) is 2.22. The molecule has 0 saturated carbocycles. The van der Waals surface area contributed by atoms with Gasteiger partial charge in [0, 0.05) is 0 Å². The summed E-state index contributed by atoms with van der Waals surface area (Å²) in [7, 11) is -3.63. The highest BCUT2D eigenvalue weighted by Gasteiger charge is 2.25. The topological polar surface area (TPSA) is 70.0 Å². The van der Waals surface area contributed by atoms with E-state index in [1.165, 1.54) is 13.8 Å². The second-order valence-corrected chi connectivity index (χ2v) is 6.42. The summed E-state index contributed by atoms with van der Waals surface area (Å²) in [5.41, 5.74) is -0.00279. The van der Waals surface area contributed by atoms with Crippen LogP contribution in [-0.4, -0.2) is 14.0 Å². The minimum atomic E-state index is -3.63. The summed E-state index contributed by atoms with van der Waals surface area (Å²) >= 11 is 0. The van der Waals surface area contributed by atoms with Crippen LogP contribution >= 0.6 is 0 Å². The number of hydrogen-bond donors (Lipinski definition) is 1. The van der Waals surface area contributed by atoms with Crippen LogP contribution in [0.1, 0.15) is 32.8 Å². The van der Waals surface area contributed by atoms with E-state index < -0.39 is 15.6 Å². The Morgan fingerprint density at radius 3 is 2.28 bits per heavy atom. The predicted molar refractivity (Wildman–Crippen MR) is 70.5 cm³/mol. The zero-order valence-electron chi connectivity index (χ0n) is 10.9. The lowest BCUT2D eigenvalue weighted by atomic mass is 10.1. The molecule has 0 aromatic heterocycles. The van der Waals surface area contributed by atoms with Gasteiger partial charge in [-0.1, -0.05) is 25.5 Å². The molecule has 0 spiro atoms. The fourth-order valence-corrected chi connectivity index (χ4v) is 2.87. The Kier molecular flexibility index (Phi) is 4.49. The van der Waals surface area contributed by atoms with Crippen molar-refractivity contribution in [3.8, 4) is 6.07 Å². The molecule has 1 aromatic carbocycles. The molecule has 0 unspecified atom stereocenters. The largest absolute Gasteiger partial charge is 0.241 e. The summed E-state index contributed by atoms with van der Waals surface area (Å²) in [5.74, 6) is 0. The molecular weight excluding hydrogens is 248 g/mol. The third-order valence-corrected chi connectivity index (χ3v) is 4.11. The van der Waals surface area contributed by atoms with Crippen LogP contribution in [0, 0.1) is 11.3 Å². The smallest absolute Gasteiger partial charge is 0.207 e. The minimum absolute atomic E-state index is 0.186. The van der Waals surface area contributed by atoms with Gasteiger partial charge in [-0.05, 0) is 38.0 Å². The van der Waals surface area contributed by atoms with E-state index >= 15 is 0 Å². The Morgan fingerprint density at radius 1 is 1.28 bits per heavy atom. The van der Waals surface area contributed by atoms with E-state index in [9.17, 15) is 8.42 Å².